The van der Waals surface area contributed by atoms with Gasteiger partial charge in [0.25, 0.3) is 5.91 Å². The van der Waals surface area contributed by atoms with E-state index in [0.717, 1.165) is 18.8 Å². The van der Waals surface area contributed by atoms with Gasteiger partial charge in [0.15, 0.2) is 0 Å². The number of aliphatic hydroxyl groups is 1. The van der Waals surface area contributed by atoms with Crippen LogP contribution in [-0.2, 0) is 0 Å². The van der Waals surface area contributed by atoms with Crippen LogP contribution in [-0.4, -0.2) is 69.4 Å². The lowest BCUT2D eigenvalue weighted by atomic mass is 10.1. The number of β-amino-alcohol motifs (C(OH)–C–C–N with tert-alkyl or cyclic N) is 1. The van der Waals surface area contributed by atoms with Crippen molar-refractivity contribution in [1.29, 1.82) is 0 Å². The first-order valence-corrected chi connectivity index (χ1v) is 7.94. The molecule has 1 saturated heterocycles. The van der Waals surface area contributed by atoms with Gasteiger partial charge >= 0.3 is 0 Å². The van der Waals surface area contributed by atoms with E-state index in [0.29, 0.717) is 25.2 Å². The second kappa shape index (κ2) is 6.93. The summed E-state index contributed by atoms with van der Waals surface area (Å²) >= 11 is 0. The van der Waals surface area contributed by atoms with Crippen molar-refractivity contribution < 1.29 is 9.90 Å². The number of nitrogens with zero attached hydrogens (tertiary/aromatic N) is 4. The summed E-state index contributed by atoms with van der Waals surface area (Å²) in [7, 11) is 0. The highest BCUT2D eigenvalue weighted by molar-refractivity contribution is 5.97. The highest BCUT2D eigenvalue weighted by atomic mass is 16.3. The zero-order valence-corrected chi connectivity index (χ0v) is 13.3. The Hall–Kier alpha value is -2.18. The normalized spacial score (nSPS) is 17.2. The van der Waals surface area contributed by atoms with Crippen LogP contribution in [0.1, 0.15) is 17.3 Å². The van der Waals surface area contributed by atoms with Gasteiger partial charge in [-0.1, -0.05) is 12.1 Å². The fourth-order valence-electron chi connectivity index (χ4n) is 2.94. The Bertz CT molecular complexity index is 646. The molecule has 0 aliphatic carbocycles. The standard InChI is InChI=1S/C17H22N4O2/c1-14(22)13-19-9-11-20(12-10-19)17(23)15-5-2-3-6-16(15)21-8-4-7-18-21/h2-8,14,22H,9-13H2,1H3/t14-/m1/s1. The maximum absolute atomic E-state index is 12.9. The molecule has 6 nitrogen and oxygen atoms in total. The van der Waals surface area contributed by atoms with E-state index in [1.807, 2.05) is 41.4 Å². The molecule has 3 rings (SSSR count). The van der Waals surface area contributed by atoms with Crippen molar-refractivity contribution in [3.63, 3.8) is 0 Å². The van der Waals surface area contributed by atoms with E-state index in [-0.39, 0.29) is 12.0 Å². The first-order valence-electron chi connectivity index (χ1n) is 7.94. The Morgan fingerprint density at radius 3 is 2.61 bits per heavy atom. The van der Waals surface area contributed by atoms with Gasteiger partial charge in [0, 0.05) is 45.1 Å². The summed E-state index contributed by atoms with van der Waals surface area (Å²) in [6.45, 7) is 5.39. The minimum Gasteiger partial charge on any atom is -0.392 e. The van der Waals surface area contributed by atoms with Gasteiger partial charge in [-0.25, -0.2) is 4.68 Å². The Balaban J connectivity index is 1.73. The van der Waals surface area contributed by atoms with E-state index in [4.69, 9.17) is 0 Å². The number of hydrogen-bond acceptors (Lipinski definition) is 4. The molecule has 122 valence electrons. The van der Waals surface area contributed by atoms with Gasteiger partial charge in [-0.15, -0.1) is 0 Å². The van der Waals surface area contributed by atoms with E-state index in [1.165, 1.54) is 0 Å². The van der Waals surface area contributed by atoms with Crippen molar-refractivity contribution in [2.75, 3.05) is 32.7 Å². The number of carbonyl (C=O) groups excluding carboxylic acids is 1. The second-order valence-corrected chi connectivity index (χ2v) is 5.91. The van der Waals surface area contributed by atoms with E-state index in [2.05, 4.69) is 10.00 Å². The maximum Gasteiger partial charge on any atom is 0.256 e. The van der Waals surface area contributed by atoms with Gasteiger partial charge in [0.2, 0.25) is 0 Å². The molecule has 1 aliphatic heterocycles. The molecule has 1 aliphatic rings. The van der Waals surface area contributed by atoms with Crippen molar-refractivity contribution in [1.82, 2.24) is 19.6 Å². The summed E-state index contributed by atoms with van der Waals surface area (Å²) in [5.74, 6) is 0.0350. The molecule has 0 unspecified atom stereocenters. The summed E-state index contributed by atoms with van der Waals surface area (Å²) in [6, 6.07) is 9.39. The number of hydrogen-bond donors (Lipinski definition) is 1. The van der Waals surface area contributed by atoms with Crippen molar-refractivity contribution >= 4 is 5.91 Å². The Morgan fingerprint density at radius 1 is 1.22 bits per heavy atom. The molecule has 1 N–H and O–H groups in total. The monoisotopic (exact) mass is 314 g/mol. The number of aliphatic hydroxyl groups excluding tert-OH is 1. The lowest BCUT2D eigenvalue weighted by Gasteiger charge is -2.35. The number of para-hydroxylation sites is 1. The molecule has 0 spiro atoms. The average Bonchev–Trinajstić information content (AvgIpc) is 3.09. The summed E-state index contributed by atoms with van der Waals surface area (Å²) in [5.41, 5.74) is 1.47. The van der Waals surface area contributed by atoms with Gasteiger partial charge in [-0.2, -0.15) is 5.10 Å². The van der Waals surface area contributed by atoms with Crippen LogP contribution in [0.4, 0.5) is 0 Å². The molecule has 2 heterocycles. The molecule has 1 aromatic heterocycles. The zero-order valence-electron chi connectivity index (χ0n) is 13.3. The van der Waals surface area contributed by atoms with Gasteiger partial charge in [-0.05, 0) is 25.1 Å². The zero-order chi connectivity index (χ0) is 16.2. The fraction of sp³-hybridized carbons (Fsp3) is 0.412. The van der Waals surface area contributed by atoms with Crippen molar-refractivity contribution in [3.8, 4) is 5.69 Å². The lowest BCUT2D eigenvalue weighted by Crippen LogP contribution is -2.50. The predicted octanol–water partition coefficient (Wildman–Crippen LogP) is 1.01. The maximum atomic E-state index is 12.9. The lowest BCUT2D eigenvalue weighted by molar-refractivity contribution is 0.0554. The van der Waals surface area contributed by atoms with Gasteiger partial charge in [-0.3, -0.25) is 9.69 Å². The number of piperazine rings is 1. The molecule has 6 heteroatoms. The van der Waals surface area contributed by atoms with E-state index in [9.17, 15) is 9.90 Å². The smallest absolute Gasteiger partial charge is 0.256 e. The molecule has 23 heavy (non-hydrogen) atoms. The first kappa shape index (κ1) is 15.7. The topological polar surface area (TPSA) is 61.6 Å². The number of aromatic nitrogens is 2. The van der Waals surface area contributed by atoms with Gasteiger partial charge in [0.05, 0.1) is 17.4 Å². The van der Waals surface area contributed by atoms with Crippen LogP contribution in [0.3, 0.4) is 0 Å². The van der Waals surface area contributed by atoms with E-state index in [1.54, 1.807) is 17.8 Å². The highest BCUT2D eigenvalue weighted by Crippen LogP contribution is 2.17. The highest BCUT2D eigenvalue weighted by Gasteiger charge is 2.24. The van der Waals surface area contributed by atoms with Crippen molar-refractivity contribution in [2.24, 2.45) is 0 Å². The third-order valence-corrected chi connectivity index (χ3v) is 4.07. The number of benzene rings is 1. The molecule has 1 amide bonds. The quantitative estimate of drug-likeness (QED) is 0.915. The van der Waals surface area contributed by atoms with Crippen LogP contribution < -0.4 is 0 Å². The largest absolute Gasteiger partial charge is 0.392 e. The molecule has 1 fully saturated rings. The van der Waals surface area contributed by atoms with Crippen LogP contribution >= 0.6 is 0 Å². The predicted molar refractivity (Wildman–Crippen MR) is 87.6 cm³/mol. The number of carbonyl (C=O) groups is 1. The van der Waals surface area contributed by atoms with E-state index >= 15 is 0 Å². The minimum atomic E-state index is -0.335. The average molecular weight is 314 g/mol. The summed E-state index contributed by atoms with van der Waals surface area (Å²) in [6.07, 6.45) is 3.21. The molecule has 0 radical (unpaired) electrons. The Labute approximate surface area is 135 Å². The third-order valence-electron chi connectivity index (χ3n) is 4.07. The van der Waals surface area contributed by atoms with Crippen LogP contribution in [0.2, 0.25) is 0 Å². The Morgan fingerprint density at radius 2 is 1.96 bits per heavy atom. The SMILES string of the molecule is C[C@@H](O)CN1CCN(C(=O)c2ccccc2-n2cccn2)CC1. The van der Waals surface area contributed by atoms with Crippen LogP contribution in [0, 0.1) is 0 Å². The van der Waals surface area contributed by atoms with Crippen LogP contribution in [0.25, 0.3) is 5.69 Å². The number of amides is 1. The minimum absolute atomic E-state index is 0.0350. The molecule has 1 aromatic carbocycles. The third kappa shape index (κ3) is 3.60. The molecular weight excluding hydrogens is 292 g/mol. The summed E-state index contributed by atoms with van der Waals surface area (Å²) < 4.78 is 1.72. The van der Waals surface area contributed by atoms with Crippen LogP contribution in [0.15, 0.2) is 42.7 Å². The molecule has 2 aromatic rings. The first-order chi connectivity index (χ1) is 11.1. The fourth-order valence-corrected chi connectivity index (χ4v) is 2.94. The molecule has 0 bridgehead atoms. The molecular formula is C17H22N4O2. The number of rotatable bonds is 4. The van der Waals surface area contributed by atoms with Crippen LogP contribution in [0.5, 0.6) is 0 Å². The van der Waals surface area contributed by atoms with Crippen molar-refractivity contribution in [2.45, 2.75) is 13.0 Å². The van der Waals surface area contributed by atoms with Gasteiger partial charge in [0.1, 0.15) is 0 Å². The van der Waals surface area contributed by atoms with Crippen molar-refractivity contribution in [3.05, 3.63) is 48.3 Å². The molecule has 0 saturated carbocycles. The van der Waals surface area contributed by atoms with E-state index < -0.39 is 0 Å². The summed E-state index contributed by atoms with van der Waals surface area (Å²) in [5, 5.41) is 13.7. The van der Waals surface area contributed by atoms with Gasteiger partial charge < -0.3 is 10.0 Å². The summed E-state index contributed by atoms with van der Waals surface area (Å²) in [4.78, 5) is 16.9. The Kier molecular flexibility index (Phi) is 4.73. The molecule has 1 atom stereocenters. The second-order valence-electron chi connectivity index (χ2n) is 5.91.